The minimum absolute atomic E-state index is 0. The van der Waals surface area contributed by atoms with E-state index in [1.54, 1.807) is 0 Å². The molecule has 3 N–H and O–H groups in total. The molecule has 1 aromatic heterocycles. The molecule has 0 spiro atoms. The summed E-state index contributed by atoms with van der Waals surface area (Å²) in [7, 11) is 1.94. The molecule has 0 saturated heterocycles. The van der Waals surface area contributed by atoms with Crippen LogP contribution in [0.4, 0.5) is 0 Å². The van der Waals surface area contributed by atoms with E-state index in [2.05, 4.69) is 0 Å². The highest BCUT2D eigenvalue weighted by Gasteiger charge is 2.15. The van der Waals surface area contributed by atoms with E-state index >= 15 is 0 Å². The number of hydrogen-bond acceptors (Lipinski definition) is 2. The number of hydrogen-bond donors (Lipinski definition) is 2. The number of nitrogens with zero attached hydrogens (tertiary/aromatic N) is 1. The number of rotatable bonds is 3. The van der Waals surface area contributed by atoms with Crippen molar-refractivity contribution in [1.82, 2.24) is 4.57 Å². The summed E-state index contributed by atoms with van der Waals surface area (Å²) in [6, 6.07) is 7.05. The fourth-order valence-electron chi connectivity index (χ4n) is 1.91. The van der Waals surface area contributed by atoms with Gasteiger partial charge >= 0.3 is 5.97 Å². The fraction of sp³-hybridized carbons (Fsp3) is 0.250. The number of fused-ring (bicyclic) bond motifs is 1. The van der Waals surface area contributed by atoms with Gasteiger partial charge in [0.15, 0.2) is 0 Å². The second kappa shape index (κ2) is 5.21. The minimum atomic E-state index is -0.965. The van der Waals surface area contributed by atoms with Crippen molar-refractivity contribution in [2.45, 2.75) is 12.5 Å². The molecular formula is C12H15ClN2O2. The fourth-order valence-corrected chi connectivity index (χ4v) is 1.91. The second-order valence-electron chi connectivity index (χ2n) is 3.93. The number of benzene rings is 1. The molecule has 0 bridgehead atoms. The zero-order valence-corrected chi connectivity index (χ0v) is 10.3. The summed E-state index contributed by atoms with van der Waals surface area (Å²) >= 11 is 0. The van der Waals surface area contributed by atoms with Crippen molar-refractivity contribution in [2.75, 3.05) is 0 Å². The third-order valence-electron chi connectivity index (χ3n) is 2.74. The number of nitrogens with two attached hydrogens (primary N) is 1. The molecule has 0 radical (unpaired) electrons. The Labute approximate surface area is 105 Å². The monoisotopic (exact) mass is 254 g/mol. The maximum Gasteiger partial charge on any atom is 0.320 e. The number of carbonyl (C=O) groups is 1. The molecule has 92 valence electrons. The summed E-state index contributed by atoms with van der Waals surface area (Å²) in [5, 5.41) is 9.86. The number of carboxylic acid groups (broad SMARTS) is 1. The van der Waals surface area contributed by atoms with Gasteiger partial charge in [-0.3, -0.25) is 4.79 Å². The maximum atomic E-state index is 10.7. The van der Waals surface area contributed by atoms with Crippen LogP contribution < -0.4 is 5.73 Å². The first-order chi connectivity index (χ1) is 7.59. The molecule has 0 amide bonds. The van der Waals surface area contributed by atoms with Gasteiger partial charge in [0.25, 0.3) is 0 Å². The molecule has 5 heteroatoms. The van der Waals surface area contributed by atoms with Crippen LogP contribution in [0.2, 0.25) is 0 Å². The topological polar surface area (TPSA) is 68.2 Å². The number of aryl methyl sites for hydroxylation is 1. The molecule has 1 atom stereocenters. The van der Waals surface area contributed by atoms with Gasteiger partial charge in [0.2, 0.25) is 0 Å². The molecule has 4 nitrogen and oxygen atoms in total. The van der Waals surface area contributed by atoms with E-state index in [0.717, 1.165) is 16.5 Å². The Morgan fingerprint density at radius 3 is 2.76 bits per heavy atom. The zero-order chi connectivity index (χ0) is 11.7. The van der Waals surface area contributed by atoms with E-state index in [1.807, 2.05) is 42.1 Å². The predicted molar refractivity (Wildman–Crippen MR) is 69.5 cm³/mol. The van der Waals surface area contributed by atoms with Crippen molar-refractivity contribution < 1.29 is 9.90 Å². The van der Waals surface area contributed by atoms with Gasteiger partial charge in [0.05, 0.1) is 0 Å². The van der Waals surface area contributed by atoms with Gasteiger partial charge < -0.3 is 15.4 Å². The number of aliphatic carboxylic acids is 1. The number of para-hydroxylation sites is 1. The van der Waals surface area contributed by atoms with Gasteiger partial charge in [-0.05, 0) is 11.6 Å². The van der Waals surface area contributed by atoms with Gasteiger partial charge in [-0.2, -0.15) is 0 Å². The summed E-state index contributed by atoms with van der Waals surface area (Å²) in [4.78, 5) is 10.7. The molecular weight excluding hydrogens is 240 g/mol. The van der Waals surface area contributed by atoms with Crippen LogP contribution in [0, 0.1) is 0 Å². The molecule has 2 rings (SSSR count). The summed E-state index contributed by atoms with van der Waals surface area (Å²) in [6.45, 7) is 0. The van der Waals surface area contributed by atoms with Crippen LogP contribution in [0.25, 0.3) is 10.9 Å². The lowest BCUT2D eigenvalue weighted by atomic mass is 10.1. The summed E-state index contributed by atoms with van der Waals surface area (Å²) < 4.78 is 1.99. The summed E-state index contributed by atoms with van der Waals surface area (Å²) in [5.74, 6) is -0.965. The first-order valence-corrected chi connectivity index (χ1v) is 5.11. The van der Waals surface area contributed by atoms with E-state index in [9.17, 15) is 4.79 Å². The Bertz CT molecular complexity index is 536. The lowest BCUT2D eigenvalue weighted by Gasteiger charge is -2.04. The smallest absolute Gasteiger partial charge is 0.320 e. The molecule has 0 aliphatic rings. The minimum Gasteiger partial charge on any atom is -0.480 e. The van der Waals surface area contributed by atoms with Crippen molar-refractivity contribution in [1.29, 1.82) is 0 Å². The van der Waals surface area contributed by atoms with Crippen molar-refractivity contribution in [3.05, 3.63) is 36.0 Å². The highest BCUT2D eigenvalue weighted by molar-refractivity contribution is 5.85. The van der Waals surface area contributed by atoms with Crippen molar-refractivity contribution >= 4 is 29.3 Å². The molecule has 1 heterocycles. The average molecular weight is 255 g/mol. The number of carboxylic acids is 1. The molecule has 0 fully saturated rings. The first kappa shape index (κ1) is 13.5. The third kappa shape index (κ3) is 2.60. The lowest BCUT2D eigenvalue weighted by molar-refractivity contribution is -0.138. The van der Waals surface area contributed by atoms with Crippen LogP contribution in [0.15, 0.2) is 30.5 Å². The van der Waals surface area contributed by atoms with Crippen LogP contribution in [-0.2, 0) is 18.3 Å². The Balaban J connectivity index is 0.00000144. The SMILES string of the molecule is Cl.Cn1cc(C[C@H](N)C(=O)O)c2ccccc21. The second-order valence-corrected chi connectivity index (χ2v) is 3.93. The van der Waals surface area contributed by atoms with Crippen molar-refractivity contribution in [3.8, 4) is 0 Å². The standard InChI is InChI=1S/C12H14N2O2.ClH/c1-14-7-8(6-10(13)12(15)16)9-4-2-3-5-11(9)14;/h2-5,7,10H,6,13H2,1H3,(H,15,16);1H/t10-;/m0./s1. The quantitative estimate of drug-likeness (QED) is 0.873. The number of halogens is 1. The van der Waals surface area contributed by atoms with E-state index < -0.39 is 12.0 Å². The van der Waals surface area contributed by atoms with Crippen molar-refractivity contribution in [3.63, 3.8) is 0 Å². The summed E-state index contributed by atoms with van der Waals surface area (Å²) in [5.41, 5.74) is 7.61. The molecule has 2 aromatic rings. The Hall–Kier alpha value is -1.52. The van der Waals surface area contributed by atoms with Crippen LogP contribution in [0.5, 0.6) is 0 Å². The van der Waals surface area contributed by atoms with E-state index in [4.69, 9.17) is 10.8 Å². The van der Waals surface area contributed by atoms with Gasteiger partial charge in [-0.15, -0.1) is 12.4 Å². The third-order valence-corrected chi connectivity index (χ3v) is 2.74. The maximum absolute atomic E-state index is 10.7. The first-order valence-electron chi connectivity index (χ1n) is 5.11. The van der Waals surface area contributed by atoms with Gasteiger partial charge in [0.1, 0.15) is 6.04 Å². The van der Waals surface area contributed by atoms with E-state index in [-0.39, 0.29) is 12.4 Å². The molecule has 0 aliphatic carbocycles. The predicted octanol–water partition coefficient (Wildman–Crippen LogP) is 1.55. The van der Waals surface area contributed by atoms with E-state index in [1.165, 1.54) is 0 Å². The number of aromatic nitrogens is 1. The lowest BCUT2D eigenvalue weighted by Crippen LogP contribution is -2.32. The average Bonchev–Trinajstić information content (AvgIpc) is 2.57. The van der Waals surface area contributed by atoms with E-state index in [0.29, 0.717) is 6.42 Å². The highest BCUT2D eigenvalue weighted by Crippen LogP contribution is 2.21. The van der Waals surface area contributed by atoms with Crippen LogP contribution in [0.1, 0.15) is 5.56 Å². The zero-order valence-electron chi connectivity index (χ0n) is 9.46. The normalized spacial score (nSPS) is 12.1. The molecule has 0 unspecified atom stereocenters. The Morgan fingerprint density at radius 2 is 2.12 bits per heavy atom. The molecule has 1 aromatic carbocycles. The van der Waals surface area contributed by atoms with Gasteiger partial charge in [-0.25, -0.2) is 0 Å². The summed E-state index contributed by atoms with van der Waals surface area (Å²) in [6.07, 6.45) is 2.30. The van der Waals surface area contributed by atoms with Gasteiger partial charge in [0, 0.05) is 30.6 Å². The molecule has 0 aliphatic heterocycles. The van der Waals surface area contributed by atoms with Crippen LogP contribution >= 0.6 is 12.4 Å². The Morgan fingerprint density at radius 1 is 1.47 bits per heavy atom. The largest absolute Gasteiger partial charge is 0.480 e. The molecule has 17 heavy (non-hydrogen) atoms. The Kier molecular flexibility index (Phi) is 4.15. The molecule has 0 saturated carbocycles. The van der Waals surface area contributed by atoms with Crippen molar-refractivity contribution in [2.24, 2.45) is 12.8 Å². The highest BCUT2D eigenvalue weighted by atomic mass is 35.5. The van der Waals surface area contributed by atoms with Crippen LogP contribution in [0.3, 0.4) is 0 Å². The van der Waals surface area contributed by atoms with Gasteiger partial charge in [-0.1, -0.05) is 18.2 Å². The van der Waals surface area contributed by atoms with Crippen LogP contribution in [-0.4, -0.2) is 21.7 Å².